The van der Waals surface area contributed by atoms with E-state index in [1.165, 1.54) is 6.92 Å². The number of hydrogen-bond donors (Lipinski definition) is 3. The van der Waals surface area contributed by atoms with Gasteiger partial charge < -0.3 is 16.2 Å². The Balaban J connectivity index is 4.65. The quantitative estimate of drug-likeness (QED) is 0.567. The molecule has 0 atom stereocenters. The normalized spacial score (nSPS) is 11.8. The number of amides is 2. The van der Waals surface area contributed by atoms with Gasteiger partial charge in [-0.2, -0.15) is 0 Å². The lowest BCUT2D eigenvalue weighted by molar-refractivity contribution is -0.132. The van der Waals surface area contributed by atoms with Crippen LogP contribution in [0.15, 0.2) is 11.3 Å². The lowest BCUT2D eigenvalue weighted by atomic mass is 10.1. The predicted molar refractivity (Wildman–Crippen MR) is 48.0 cm³/mol. The minimum absolute atomic E-state index is 0.126. The molecule has 74 valence electrons. The fourth-order valence-corrected chi connectivity index (χ4v) is 0.872. The summed E-state index contributed by atoms with van der Waals surface area (Å²) < 4.78 is 0. The zero-order valence-electron chi connectivity index (χ0n) is 7.76. The van der Waals surface area contributed by atoms with Gasteiger partial charge in [0.1, 0.15) is 0 Å². The summed E-state index contributed by atoms with van der Waals surface area (Å²) in [6.07, 6.45) is 1.25. The number of primary amides is 1. The molecule has 0 heterocycles. The van der Waals surface area contributed by atoms with Gasteiger partial charge in [0.15, 0.2) is 0 Å². The zero-order valence-corrected chi connectivity index (χ0v) is 7.76. The van der Waals surface area contributed by atoms with Crippen LogP contribution in [0, 0.1) is 0 Å². The highest BCUT2D eigenvalue weighted by molar-refractivity contribution is 5.88. The molecule has 0 unspecified atom stereocenters. The van der Waals surface area contributed by atoms with Crippen LogP contribution in [0.1, 0.15) is 26.7 Å². The first-order valence-corrected chi connectivity index (χ1v) is 3.98. The molecule has 0 aliphatic heterocycles. The van der Waals surface area contributed by atoms with E-state index >= 15 is 0 Å². The van der Waals surface area contributed by atoms with Crippen LogP contribution in [0.2, 0.25) is 0 Å². The van der Waals surface area contributed by atoms with Crippen LogP contribution in [-0.4, -0.2) is 17.1 Å². The first kappa shape index (κ1) is 11.5. The van der Waals surface area contributed by atoms with Crippen molar-refractivity contribution >= 4 is 12.0 Å². The maximum Gasteiger partial charge on any atom is 0.333 e. The predicted octanol–water partition coefficient (Wildman–Crippen LogP) is 0.813. The molecule has 2 amide bonds. The van der Waals surface area contributed by atoms with Crippen LogP contribution in [0.25, 0.3) is 0 Å². The molecule has 5 nitrogen and oxygen atoms in total. The average molecular weight is 186 g/mol. The Kier molecular flexibility index (Phi) is 4.58. The number of allylic oxidation sites excluding steroid dienone is 1. The summed E-state index contributed by atoms with van der Waals surface area (Å²) in [7, 11) is 0. The smallest absolute Gasteiger partial charge is 0.333 e. The van der Waals surface area contributed by atoms with Crippen molar-refractivity contribution in [2.45, 2.75) is 26.7 Å². The third kappa shape index (κ3) is 4.15. The number of hydrogen-bond acceptors (Lipinski definition) is 2. The molecule has 4 N–H and O–H groups in total. The SMILES string of the molecule is CCC/C(NC(N)=O)=C(/C)C(=O)O. The summed E-state index contributed by atoms with van der Waals surface area (Å²) in [5, 5.41) is 10.9. The molecule has 0 radical (unpaired) electrons. The molecular weight excluding hydrogens is 172 g/mol. The Bertz CT molecular complexity index is 246. The van der Waals surface area contributed by atoms with Crippen molar-refractivity contribution in [3.63, 3.8) is 0 Å². The lowest BCUT2D eigenvalue weighted by Crippen LogP contribution is -2.30. The van der Waals surface area contributed by atoms with E-state index in [2.05, 4.69) is 5.32 Å². The monoisotopic (exact) mass is 186 g/mol. The molecule has 0 aliphatic carbocycles. The van der Waals surface area contributed by atoms with Crippen LogP contribution in [0.3, 0.4) is 0 Å². The van der Waals surface area contributed by atoms with Crippen molar-refractivity contribution in [3.8, 4) is 0 Å². The summed E-state index contributed by atoms with van der Waals surface area (Å²) in [4.78, 5) is 21.0. The lowest BCUT2D eigenvalue weighted by Gasteiger charge is -2.08. The molecule has 5 heteroatoms. The highest BCUT2D eigenvalue weighted by atomic mass is 16.4. The number of aliphatic carboxylic acids is 1. The van der Waals surface area contributed by atoms with Crippen molar-refractivity contribution in [2.75, 3.05) is 0 Å². The van der Waals surface area contributed by atoms with Crippen LogP contribution >= 0.6 is 0 Å². The molecule has 0 saturated heterocycles. The second kappa shape index (κ2) is 5.18. The van der Waals surface area contributed by atoms with Crippen molar-refractivity contribution < 1.29 is 14.7 Å². The topological polar surface area (TPSA) is 92.4 Å². The number of nitrogens with two attached hydrogens (primary N) is 1. The Morgan fingerprint density at radius 3 is 2.31 bits per heavy atom. The van der Waals surface area contributed by atoms with Crippen LogP contribution in [0.4, 0.5) is 4.79 Å². The second-order valence-electron chi connectivity index (χ2n) is 2.65. The second-order valence-corrected chi connectivity index (χ2v) is 2.65. The van der Waals surface area contributed by atoms with Crippen LogP contribution in [-0.2, 0) is 4.79 Å². The Morgan fingerprint density at radius 1 is 1.46 bits per heavy atom. The first-order valence-electron chi connectivity index (χ1n) is 3.98. The van der Waals surface area contributed by atoms with E-state index in [1.807, 2.05) is 6.92 Å². The first-order chi connectivity index (χ1) is 5.99. The van der Waals surface area contributed by atoms with E-state index in [-0.39, 0.29) is 5.57 Å². The van der Waals surface area contributed by atoms with E-state index in [4.69, 9.17) is 10.8 Å². The van der Waals surface area contributed by atoms with Crippen molar-refractivity contribution in [3.05, 3.63) is 11.3 Å². The fraction of sp³-hybridized carbons (Fsp3) is 0.500. The van der Waals surface area contributed by atoms with E-state index in [9.17, 15) is 9.59 Å². The molecule has 0 saturated carbocycles. The third-order valence-electron chi connectivity index (χ3n) is 1.55. The van der Waals surface area contributed by atoms with Crippen molar-refractivity contribution in [1.82, 2.24) is 5.32 Å². The van der Waals surface area contributed by atoms with E-state index < -0.39 is 12.0 Å². The summed E-state index contributed by atoms with van der Waals surface area (Å²) in [6.45, 7) is 3.32. The van der Waals surface area contributed by atoms with E-state index in [0.29, 0.717) is 12.1 Å². The largest absolute Gasteiger partial charge is 0.478 e. The average Bonchev–Trinajstić information content (AvgIpc) is 2.01. The van der Waals surface area contributed by atoms with Gasteiger partial charge >= 0.3 is 12.0 Å². The number of carboxylic acid groups (broad SMARTS) is 1. The van der Waals surface area contributed by atoms with Gasteiger partial charge in [0.2, 0.25) is 0 Å². The van der Waals surface area contributed by atoms with Gasteiger partial charge in [-0.15, -0.1) is 0 Å². The van der Waals surface area contributed by atoms with Gasteiger partial charge in [0.05, 0.1) is 5.57 Å². The van der Waals surface area contributed by atoms with Gasteiger partial charge in [-0.05, 0) is 13.3 Å². The number of carboxylic acids is 1. The number of carbonyl (C=O) groups is 2. The maximum absolute atomic E-state index is 10.5. The third-order valence-corrected chi connectivity index (χ3v) is 1.55. The van der Waals surface area contributed by atoms with Crippen molar-refractivity contribution in [2.24, 2.45) is 5.73 Å². The van der Waals surface area contributed by atoms with Crippen LogP contribution in [0.5, 0.6) is 0 Å². The summed E-state index contributed by atoms with van der Waals surface area (Å²) in [6, 6.07) is -0.732. The van der Waals surface area contributed by atoms with E-state index in [1.54, 1.807) is 0 Å². The highest BCUT2D eigenvalue weighted by Crippen LogP contribution is 2.07. The number of nitrogens with one attached hydrogen (secondary N) is 1. The molecule has 0 bridgehead atoms. The number of carbonyl (C=O) groups excluding carboxylic acids is 1. The minimum atomic E-state index is -1.04. The zero-order chi connectivity index (χ0) is 10.4. The molecule has 0 spiro atoms. The highest BCUT2D eigenvalue weighted by Gasteiger charge is 2.09. The molecule has 0 fully saturated rings. The summed E-state index contributed by atoms with van der Waals surface area (Å²) in [5.74, 6) is -1.04. The minimum Gasteiger partial charge on any atom is -0.478 e. The van der Waals surface area contributed by atoms with Crippen LogP contribution < -0.4 is 11.1 Å². The summed E-state index contributed by atoms with van der Waals surface area (Å²) >= 11 is 0. The molecule has 0 rings (SSSR count). The van der Waals surface area contributed by atoms with Crippen molar-refractivity contribution in [1.29, 1.82) is 0 Å². The number of urea groups is 1. The fourth-order valence-electron chi connectivity index (χ4n) is 0.872. The summed E-state index contributed by atoms with van der Waals surface area (Å²) in [5.41, 5.74) is 5.39. The molecule has 0 aliphatic rings. The maximum atomic E-state index is 10.5. The Morgan fingerprint density at radius 2 is 2.00 bits per heavy atom. The van der Waals surface area contributed by atoms with E-state index in [0.717, 1.165) is 6.42 Å². The standard InChI is InChI=1S/C8H14N2O3/c1-3-4-6(10-8(9)13)5(2)7(11)12/h3-4H2,1-2H3,(H,11,12)(H3,9,10,13)/b6-5+. The molecule has 0 aromatic carbocycles. The van der Waals surface area contributed by atoms with Gasteiger partial charge in [0, 0.05) is 5.70 Å². The van der Waals surface area contributed by atoms with Gasteiger partial charge in [-0.25, -0.2) is 9.59 Å². The molecule has 0 aromatic heterocycles. The molecule has 13 heavy (non-hydrogen) atoms. The Hall–Kier alpha value is -1.52. The molecule has 0 aromatic rings. The number of rotatable bonds is 4. The molecular formula is C8H14N2O3. The van der Waals surface area contributed by atoms with Gasteiger partial charge in [-0.3, -0.25) is 0 Å². The van der Waals surface area contributed by atoms with Gasteiger partial charge in [-0.1, -0.05) is 13.3 Å². The Labute approximate surface area is 76.6 Å². The van der Waals surface area contributed by atoms with Gasteiger partial charge in [0.25, 0.3) is 0 Å².